The van der Waals surface area contributed by atoms with Crippen molar-refractivity contribution in [3.05, 3.63) is 63.4 Å². The van der Waals surface area contributed by atoms with Gasteiger partial charge in [-0.25, -0.2) is 0 Å². The standard InChI is InChI=1S/C21H22N2O6/c1-5-28-19-11-16(23(25)26)15(10-18(19)27-4)21(24)22-13(3)20-12(2)14-8-6-7-9-17(14)29-20/h6-11,13H,5H2,1-4H3,(H,22,24). The second-order valence-corrected chi connectivity index (χ2v) is 6.49. The molecule has 0 saturated heterocycles. The Hall–Kier alpha value is -3.55. The molecule has 2 aromatic carbocycles. The van der Waals surface area contributed by atoms with Crippen molar-refractivity contribution >= 4 is 22.6 Å². The fraction of sp³-hybridized carbons (Fsp3) is 0.286. The summed E-state index contributed by atoms with van der Waals surface area (Å²) in [5.41, 5.74) is 1.15. The lowest BCUT2D eigenvalue weighted by molar-refractivity contribution is -0.385. The first-order valence-electron chi connectivity index (χ1n) is 9.15. The highest BCUT2D eigenvalue weighted by Gasteiger charge is 2.27. The van der Waals surface area contributed by atoms with Gasteiger partial charge in [0.2, 0.25) is 0 Å². The summed E-state index contributed by atoms with van der Waals surface area (Å²) in [7, 11) is 1.41. The van der Waals surface area contributed by atoms with Crippen LogP contribution in [0, 0.1) is 17.0 Å². The van der Waals surface area contributed by atoms with Crippen molar-refractivity contribution in [2.75, 3.05) is 13.7 Å². The summed E-state index contributed by atoms with van der Waals surface area (Å²) in [4.78, 5) is 23.8. The molecule has 1 amide bonds. The van der Waals surface area contributed by atoms with Gasteiger partial charge in [0, 0.05) is 17.0 Å². The van der Waals surface area contributed by atoms with Crippen molar-refractivity contribution in [1.82, 2.24) is 5.32 Å². The maximum Gasteiger partial charge on any atom is 0.286 e. The van der Waals surface area contributed by atoms with E-state index in [9.17, 15) is 14.9 Å². The Balaban J connectivity index is 1.94. The predicted octanol–water partition coefficient (Wildman–Crippen LogP) is 4.55. The van der Waals surface area contributed by atoms with Crippen LogP contribution in [0.2, 0.25) is 0 Å². The molecule has 0 bridgehead atoms. The Morgan fingerprint density at radius 1 is 1.28 bits per heavy atom. The van der Waals surface area contributed by atoms with Crippen LogP contribution in [0.15, 0.2) is 40.8 Å². The number of fused-ring (bicyclic) bond motifs is 1. The molecule has 3 rings (SSSR count). The van der Waals surface area contributed by atoms with Gasteiger partial charge in [-0.2, -0.15) is 0 Å². The van der Waals surface area contributed by atoms with Gasteiger partial charge < -0.3 is 19.2 Å². The number of carbonyl (C=O) groups is 1. The topological polar surface area (TPSA) is 104 Å². The number of methoxy groups -OCH3 is 1. The number of nitro benzene ring substituents is 1. The van der Waals surface area contributed by atoms with Gasteiger partial charge in [-0.3, -0.25) is 14.9 Å². The molecule has 0 aliphatic heterocycles. The Morgan fingerprint density at radius 2 is 2.00 bits per heavy atom. The fourth-order valence-corrected chi connectivity index (χ4v) is 3.26. The third-order valence-corrected chi connectivity index (χ3v) is 4.64. The first kappa shape index (κ1) is 20.2. The van der Waals surface area contributed by atoms with Crippen molar-refractivity contribution in [2.24, 2.45) is 0 Å². The number of nitrogens with zero attached hydrogens (tertiary/aromatic N) is 1. The number of ether oxygens (including phenoxy) is 2. The summed E-state index contributed by atoms with van der Waals surface area (Å²) in [6.07, 6.45) is 0. The number of hydrogen-bond acceptors (Lipinski definition) is 6. The summed E-state index contributed by atoms with van der Waals surface area (Å²) in [6.45, 7) is 5.73. The lowest BCUT2D eigenvalue weighted by Crippen LogP contribution is -2.27. The van der Waals surface area contributed by atoms with Crippen molar-refractivity contribution < 1.29 is 23.6 Å². The van der Waals surface area contributed by atoms with Crippen LogP contribution in [-0.4, -0.2) is 24.5 Å². The van der Waals surface area contributed by atoms with E-state index in [4.69, 9.17) is 13.9 Å². The average molecular weight is 398 g/mol. The highest BCUT2D eigenvalue weighted by Crippen LogP contribution is 2.35. The van der Waals surface area contributed by atoms with Crippen molar-refractivity contribution in [3.63, 3.8) is 0 Å². The van der Waals surface area contributed by atoms with E-state index in [-0.39, 0.29) is 22.7 Å². The van der Waals surface area contributed by atoms with Crippen LogP contribution in [0.4, 0.5) is 5.69 Å². The molecule has 8 nitrogen and oxygen atoms in total. The van der Waals surface area contributed by atoms with Crippen molar-refractivity contribution in [3.8, 4) is 11.5 Å². The molecular weight excluding hydrogens is 376 g/mol. The number of nitrogens with one attached hydrogen (secondary N) is 1. The van der Waals surface area contributed by atoms with E-state index in [1.807, 2.05) is 31.2 Å². The maximum absolute atomic E-state index is 12.9. The summed E-state index contributed by atoms with van der Waals surface area (Å²) in [5.74, 6) is 0.445. The molecule has 0 saturated carbocycles. The monoisotopic (exact) mass is 398 g/mol. The molecule has 0 radical (unpaired) electrons. The van der Waals surface area contributed by atoms with Crippen LogP contribution >= 0.6 is 0 Å². The smallest absolute Gasteiger partial charge is 0.286 e. The molecule has 0 aliphatic carbocycles. The first-order chi connectivity index (χ1) is 13.9. The van der Waals surface area contributed by atoms with Gasteiger partial charge in [0.15, 0.2) is 11.5 Å². The molecule has 1 aromatic heterocycles. The third-order valence-electron chi connectivity index (χ3n) is 4.64. The molecule has 1 heterocycles. The van der Waals surface area contributed by atoms with Crippen LogP contribution in [-0.2, 0) is 0 Å². The Kier molecular flexibility index (Phi) is 5.72. The minimum atomic E-state index is -0.617. The molecule has 0 spiro atoms. The number of hydrogen-bond donors (Lipinski definition) is 1. The van der Waals surface area contributed by atoms with E-state index in [2.05, 4.69) is 5.32 Å². The van der Waals surface area contributed by atoms with E-state index in [1.165, 1.54) is 19.2 Å². The zero-order valence-corrected chi connectivity index (χ0v) is 16.6. The Labute approximate surface area is 167 Å². The van der Waals surface area contributed by atoms with E-state index in [1.54, 1.807) is 13.8 Å². The summed E-state index contributed by atoms with van der Waals surface area (Å²) >= 11 is 0. The number of nitro groups is 1. The highest BCUT2D eigenvalue weighted by molar-refractivity contribution is 5.99. The number of para-hydroxylation sites is 1. The molecule has 152 valence electrons. The van der Waals surface area contributed by atoms with Gasteiger partial charge in [-0.15, -0.1) is 0 Å². The molecule has 0 fully saturated rings. The van der Waals surface area contributed by atoms with Crippen LogP contribution in [0.1, 0.15) is 41.6 Å². The molecule has 1 atom stereocenters. The first-order valence-corrected chi connectivity index (χ1v) is 9.15. The zero-order valence-electron chi connectivity index (χ0n) is 16.6. The minimum absolute atomic E-state index is 0.115. The lowest BCUT2D eigenvalue weighted by Gasteiger charge is -2.15. The van der Waals surface area contributed by atoms with Gasteiger partial charge in [0.1, 0.15) is 16.9 Å². The van der Waals surface area contributed by atoms with E-state index in [0.29, 0.717) is 12.4 Å². The minimum Gasteiger partial charge on any atom is -0.493 e. The summed E-state index contributed by atoms with van der Waals surface area (Å²) in [6, 6.07) is 9.59. The quantitative estimate of drug-likeness (QED) is 0.463. The molecule has 29 heavy (non-hydrogen) atoms. The largest absolute Gasteiger partial charge is 0.493 e. The SMILES string of the molecule is CCOc1cc([N+](=O)[O-])c(C(=O)NC(C)c2oc3ccccc3c2C)cc1OC. The molecule has 3 aromatic rings. The third kappa shape index (κ3) is 3.87. The molecular formula is C21H22N2O6. The van der Waals surface area contributed by atoms with E-state index < -0.39 is 16.9 Å². The van der Waals surface area contributed by atoms with Gasteiger partial charge in [-0.05, 0) is 26.8 Å². The zero-order chi connectivity index (χ0) is 21.1. The number of aryl methyl sites for hydroxylation is 1. The normalized spacial score (nSPS) is 11.9. The average Bonchev–Trinajstić information content (AvgIpc) is 3.04. The highest BCUT2D eigenvalue weighted by atomic mass is 16.6. The number of rotatable bonds is 7. The van der Waals surface area contributed by atoms with Gasteiger partial charge in [0.05, 0.1) is 30.7 Å². The fourth-order valence-electron chi connectivity index (χ4n) is 3.26. The van der Waals surface area contributed by atoms with E-state index in [0.717, 1.165) is 16.5 Å². The summed E-state index contributed by atoms with van der Waals surface area (Å²) < 4.78 is 16.5. The molecule has 0 aliphatic rings. The van der Waals surface area contributed by atoms with Crippen LogP contribution in [0.5, 0.6) is 11.5 Å². The number of benzene rings is 2. The number of furan rings is 1. The Bertz CT molecular complexity index is 1070. The molecule has 1 unspecified atom stereocenters. The van der Waals surface area contributed by atoms with Crippen LogP contribution in [0.3, 0.4) is 0 Å². The van der Waals surface area contributed by atoms with E-state index >= 15 is 0 Å². The number of carbonyl (C=O) groups excluding carboxylic acids is 1. The number of amides is 1. The second-order valence-electron chi connectivity index (χ2n) is 6.49. The van der Waals surface area contributed by atoms with Gasteiger partial charge in [0.25, 0.3) is 11.6 Å². The second kappa shape index (κ2) is 8.22. The van der Waals surface area contributed by atoms with Gasteiger partial charge >= 0.3 is 0 Å². The van der Waals surface area contributed by atoms with Crippen molar-refractivity contribution in [2.45, 2.75) is 26.8 Å². The Morgan fingerprint density at radius 3 is 2.62 bits per heavy atom. The molecule has 8 heteroatoms. The summed E-state index contributed by atoms with van der Waals surface area (Å²) in [5, 5.41) is 15.3. The maximum atomic E-state index is 12.9. The molecule has 1 N–H and O–H groups in total. The van der Waals surface area contributed by atoms with Crippen LogP contribution in [0.25, 0.3) is 11.0 Å². The predicted molar refractivity (Wildman–Crippen MR) is 108 cm³/mol. The lowest BCUT2D eigenvalue weighted by atomic mass is 10.1. The van der Waals surface area contributed by atoms with Crippen molar-refractivity contribution in [1.29, 1.82) is 0 Å². The van der Waals surface area contributed by atoms with Crippen LogP contribution < -0.4 is 14.8 Å². The van der Waals surface area contributed by atoms with Gasteiger partial charge in [-0.1, -0.05) is 18.2 Å².